The first-order valence-corrected chi connectivity index (χ1v) is 4.79. The first-order chi connectivity index (χ1) is 7.79. The van der Waals surface area contributed by atoms with E-state index in [0.717, 1.165) is 6.07 Å². The zero-order valence-electron chi connectivity index (χ0n) is 8.86. The minimum atomic E-state index is -3.41. The SMILES string of the molecule is CCC(F)(F)[C@H](O)c1ccc(F)c([N+](=O)[O-])c1. The lowest BCUT2D eigenvalue weighted by atomic mass is 10.0. The molecule has 0 saturated carbocycles. The van der Waals surface area contributed by atoms with Gasteiger partial charge in [-0.1, -0.05) is 13.0 Å². The van der Waals surface area contributed by atoms with E-state index in [1.165, 1.54) is 6.92 Å². The van der Waals surface area contributed by atoms with Gasteiger partial charge >= 0.3 is 5.69 Å². The second kappa shape index (κ2) is 4.70. The number of nitro benzene ring substituents is 1. The van der Waals surface area contributed by atoms with Crippen molar-refractivity contribution in [2.24, 2.45) is 0 Å². The van der Waals surface area contributed by atoms with E-state index in [4.69, 9.17) is 0 Å². The summed E-state index contributed by atoms with van der Waals surface area (Å²) in [6.07, 6.45) is -2.81. The standard InChI is InChI=1S/C10H10F3NO3/c1-2-10(12,13)9(15)6-3-4-7(11)8(5-6)14(16)17/h3-5,9,15H,2H2,1H3/t9-/m1/s1. The summed E-state index contributed by atoms with van der Waals surface area (Å²) in [5.74, 6) is -4.54. The van der Waals surface area contributed by atoms with Gasteiger partial charge in [0.2, 0.25) is 5.82 Å². The molecule has 0 amide bonds. The fourth-order valence-corrected chi connectivity index (χ4v) is 1.28. The highest BCUT2D eigenvalue weighted by Crippen LogP contribution is 2.35. The van der Waals surface area contributed by atoms with Gasteiger partial charge in [0, 0.05) is 12.5 Å². The van der Waals surface area contributed by atoms with E-state index in [0.29, 0.717) is 12.1 Å². The van der Waals surface area contributed by atoms with Crippen molar-refractivity contribution in [3.8, 4) is 0 Å². The first kappa shape index (κ1) is 13.4. The topological polar surface area (TPSA) is 63.4 Å². The van der Waals surface area contributed by atoms with Crippen LogP contribution in [0.2, 0.25) is 0 Å². The van der Waals surface area contributed by atoms with Crippen LogP contribution in [-0.2, 0) is 0 Å². The molecule has 0 radical (unpaired) electrons. The predicted octanol–water partition coefficient (Wildman–Crippen LogP) is 2.81. The third-order valence-electron chi connectivity index (χ3n) is 2.35. The summed E-state index contributed by atoms with van der Waals surface area (Å²) in [5.41, 5.74) is -1.32. The number of halogens is 3. The monoisotopic (exact) mass is 249 g/mol. The fourth-order valence-electron chi connectivity index (χ4n) is 1.28. The molecule has 0 aliphatic rings. The lowest BCUT2D eigenvalue weighted by molar-refractivity contribution is -0.387. The van der Waals surface area contributed by atoms with Crippen LogP contribution in [0.1, 0.15) is 25.0 Å². The third kappa shape index (κ3) is 2.73. The van der Waals surface area contributed by atoms with E-state index < -0.39 is 34.9 Å². The number of nitro groups is 1. The Hall–Kier alpha value is -1.63. The van der Waals surface area contributed by atoms with Crippen LogP contribution in [0.3, 0.4) is 0 Å². The highest BCUT2D eigenvalue weighted by atomic mass is 19.3. The van der Waals surface area contributed by atoms with Crippen molar-refractivity contribution in [2.75, 3.05) is 0 Å². The van der Waals surface area contributed by atoms with Gasteiger partial charge in [-0.25, -0.2) is 8.78 Å². The summed E-state index contributed by atoms with van der Waals surface area (Å²) in [6, 6.07) is 2.20. The lowest BCUT2D eigenvalue weighted by Gasteiger charge is -2.21. The average Bonchev–Trinajstić information content (AvgIpc) is 2.28. The number of nitrogens with zero attached hydrogens (tertiary/aromatic N) is 1. The molecule has 0 unspecified atom stereocenters. The molecule has 0 fully saturated rings. The van der Waals surface area contributed by atoms with Gasteiger partial charge in [0.15, 0.2) is 0 Å². The number of aliphatic hydroxyl groups is 1. The van der Waals surface area contributed by atoms with Gasteiger partial charge in [-0.05, 0) is 11.6 Å². The van der Waals surface area contributed by atoms with Gasteiger partial charge in [0.1, 0.15) is 6.10 Å². The zero-order chi connectivity index (χ0) is 13.2. The fraction of sp³-hybridized carbons (Fsp3) is 0.400. The molecule has 0 aromatic heterocycles. The molecule has 4 nitrogen and oxygen atoms in total. The number of rotatable bonds is 4. The molecule has 1 N–H and O–H groups in total. The molecule has 1 aromatic rings. The van der Waals surface area contributed by atoms with Gasteiger partial charge in [-0.3, -0.25) is 10.1 Å². The van der Waals surface area contributed by atoms with Crippen molar-refractivity contribution in [1.29, 1.82) is 0 Å². The number of aliphatic hydroxyl groups excluding tert-OH is 1. The van der Waals surface area contributed by atoms with Crippen molar-refractivity contribution >= 4 is 5.69 Å². The van der Waals surface area contributed by atoms with Gasteiger partial charge in [0.05, 0.1) is 4.92 Å². The van der Waals surface area contributed by atoms with Crippen LogP contribution in [0.4, 0.5) is 18.9 Å². The number of hydrogen-bond donors (Lipinski definition) is 1. The lowest BCUT2D eigenvalue weighted by Crippen LogP contribution is -2.25. The smallest absolute Gasteiger partial charge is 0.305 e. The number of hydrogen-bond acceptors (Lipinski definition) is 3. The molecule has 1 atom stereocenters. The summed E-state index contributed by atoms with van der Waals surface area (Å²) in [6.45, 7) is 1.17. The van der Waals surface area contributed by atoms with E-state index in [1.54, 1.807) is 0 Å². The summed E-state index contributed by atoms with van der Waals surface area (Å²) in [5, 5.41) is 19.8. The molecule has 0 aliphatic carbocycles. The Morgan fingerprint density at radius 1 is 1.53 bits per heavy atom. The van der Waals surface area contributed by atoms with E-state index in [9.17, 15) is 28.4 Å². The Bertz CT molecular complexity index is 437. The predicted molar refractivity (Wildman–Crippen MR) is 53.3 cm³/mol. The van der Waals surface area contributed by atoms with Crippen LogP contribution in [0.25, 0.3) is 0 Å². The van der Waals surface area contributed by atoms with E-state index >= 15 is 0 Å². The summed E-state index contributed by atoms with van der Waals surface area (Å²) < 4.78 is 39.3. The van der Waals surface area contributed by atoms with Crippen molar-refractivity contribution in [2.45, 2.75) is 25.4 Å². The van der Waals surface area contributed by atoms with Crippen molar-refractivity contribution in [3.63, 3.8) is 0 Å². The highest BCUT2D eigenvalue weighted by Gasteiger charge is 2.38. The van der Waals surface area contributed by atoms with Gasteiger partial charge < -0.3 is 5.11 Å². The molecule has 94 valence electrons. The zero-order valence-corrected chi connectivity index (χ0v) is 8.86. The van der Waals surface area contributed by atoms with E-state index in [-0.39, 0.29) is 5.56 Å². The van der Waals surface area contributed by atoms with Crippen LogP contribution in [-0.4, -0.2) is 16.0 Å². The normalized spacial score (nSPS) is 13.5. The second-order valence-corrected chi connectivity index (χ2v) is 3.49. The molecule has 0 heterocycles. The maximum atomic E-state index is 13.2. The van der Waals surface area contributed by atoms with Crippen LogP contribution in [0.5, 0.6) is 0 Å². The average molecular weight is 249 g/mol. The summed E-state index contributed by atoms with van der Waals surface area (Å²) in [7, 11) is 0. The Balaban J connectivity index is 3.16. The van der Waals surface area contributed by atoms with Gasteiger partial charge in [-0.15, -0.1) is 0 Å². The molecule has 0 spiro atoms. The Labute approximate surface area is 94.8 Å². The Kier molecular flexibility index (Phi) is 3.72. The van der Waals surface area contributed by atoms with Crippen molar-refractivity contribution in [1.82, 2.24) is 0 Å². The molecule has 17 heavy (non-hydrogen) atoms. The molecule has 7 heteroatoms. The molecule has 0 bridgehead atoms. The maximum absolute atomic E-state index is 13.2. The highest BCUT2D eigenvalue weighted by molar-refractivity contribution is 5.37. The quantitative estimate of drug-likeness (QED) is 0.659. The van der Waals surface area contributed by atoms with Crippen molar-refractivity contribution in [3.05, 3.63) is 39.7 Å². The summed E-state index contributed by atoms with van der Waals surface area (Å²) in [4.78, 5) is 9.38. The maximum Gasteiger partial charge on any atom is 0.305 e. The van der Waals surface area contributed by atoms with Gasteiger partial charge in [0.25, 0.3) is 5.92 Å². The molecule has 1 rings (SSSR count). The Morgan fingerprint density at radius 3 is 2.59 bits per heavy atom. The Morgan fingerprint density at radius 2 is 2.12 bits per heavy atom. The molecular formula is C10H10F3NO3. The molecular weight excluding hydrogens is 239 g/mol. The van der Waals surface area contributed by atoms with Crippen LogP contribution in [0.15, 0.2) is 18.2 Å². The van der Waals surface area contributed by atoms with Crippen LogP contribution >= 0.6 is 0 Å². The first-order valence-electron chi connectivity index (χ1n) is 4.79. The van der Waals surface area contributed by atoms with Crippen LogP contribution < -0.4 is 0 Å². The van der Waals surface area contributed by atoms with Gasteiger partial charge in [-0.2, -0.15) is 4.39 Å². The van der Waals surface area contributed by atoms with E-state index in [2.05, 4.69) is 0 Å². The minimum Gasteiger partial charge on any atom is -0.382 e. The van der Waals surface area contributed by atoms with Crippen molar-refractivity contribution < 1.29 is 23.2 Å². The molecule has 0 saturated heterocycles. The molecule has 1 aromatic carbocycles. The number of alkyl halides is 2. The minimum absolute atomic E-state index is 0.384. The summed E-state index contributed by atoms with van der Waals surface area (Å²) >= 11 is 0. The second-order valence-electron chi connectivity index (χ2n) is 3.49. The third-order valence-corrected chi connectivity index (χ3v) is 2.35. The van der Waals surface area contributed by atoms with Crippen LogP contribution in [0, 0.1) is 15.9 Å². The number of benzene rings is 1. The largest absolute Gasteiger partial charge is 0.382 e. The molecule has 0 aliphatic heterocycles. The van der Waals surface area contributed by atoms with E-state index in [1.807, 2.05) is 0 Å².